The lowest BCUT2D eigenvalue weighted by Gasteiger charge is -2.10. The van der Waals surface area contributed by atoms with Crippen LogP contribution in [0, 0.1) is 13.8 Å². The van der Waals surface area contributed by atoms with E-state index in [1.54, 1.807) is 11.3 Å². The summed E-state index contributed by atoms with van der Waals surface area (Å²) in [5.74, 6) is 0.507. The van der Waals surface area contributed by atoms with Crippen molar-refractivity contribution < 1.29 is 13.2 Å². The molecular formula is C12H12Br2N2O3S2. The van der Waals surface area contributed by atoms with E-state index in [0.717, 1.165) is 15.6 Å². The van der Waals surface area contributed by atoms with E-state index in [1.165, 1.54) is 12.1 Å². The molecule has 1 heterocycles. The third-order valence-electron chi connectivity index (χ3n) is 2.71. The van der Waals surface area contributed by atoms with Gasteiger partial charge in [0.1, 0.15) is 17.4 Å². The van der Waals surface area contributed by atoms with E-state index in [0.29, 0.717) is 21.3 Å². The van der Waals surface area contributed by atoms with Crippen LogP contribution in [0.25, 0.3) is 0 Å². The van der Waals surface area contributed by atoms with Crippen molar-refractivity contribution in [1.29, 1.82) is 0 Å². The second kappa shape index (κ2) is 6.33. The molecule has 0 aliphatic rings. The van der Waals surface area contributed by atoms with Crippen molar-refractivity contribution in [2.75, 3.05) is 0 Å². The molecule has 0 fully saturated rings. The minimum atomic E-state index is -3.76. The van der Waals surface area contributed by atoms with Gasteiger partial charge in [-0.25, -0.2) is 18.5 Å². The number of halogens is 2. The molecule has 0 atom stereocenters. The van der Waals surface area contributed by atoms with Gasteiger partial charge in [-0.05, 0) is 57.8 Å². The number of benzene rings is 1. The van der Waals surface area contributed by atoms with Gasteiger partial charge in [-0.15, -0.1) is 11.3 Å². The molecule has 9 heteroatoms. The highest BCUT2D eigenvalue weighted by atomic mass is 79.9. The summed E-state index contributed by atoms with van der Waals surface area (Å²) in [4.78, 5) is 5.55. The average Bonchev–Trinajstić information content (AvgIpc) is 2.66. The number of nitrogens with two attached hydrogens (primary N) is 1. The third-order valence-corrected chi connectivity index (χ3v) is 5.83. The van der Waals surface area contributed by atoms with Crippen molar-refractivity contribution in [2.45, 2.75) is 25.3 Å². The lowest BCUT2D eigenvalue weighted by atomic mass is 10.3. The fourth-order valence-electron chi connectivity index (χ4n) is 1.57. The van der Waals surface area contributed by atoms with Crippen LogP contribution in [0.15, 0.2) is 26.0 Å². The maximum atomic E-state index is 11.4. The smallest absolute Gasteiger partial charge is 0.238 e. The van der Waals surface area contributed by atoms with Crippen LogP contribution in [0.5, 0.6) is 5.75 Å². The molecule has 2 rings (SSSR count). The van der Waals surface area contributed by atoms with Crippen LogP contribution < -0.4 is 9.88 Å². The van der Waals surface area contributed by atoms with Crippen LogP contribution in [-0.2, 0) is 16.6 Å². The Kier molecular flexibility index (Phi) is 5.09. The van der Waals surface area contributed by atoms with Crippen molar-refractivity contribution in [2.24, 2.45) is 5.14 Å². The average molecular weight is 456 g/mol. The number of hydrogen-bond acceptors (Lipinski definition) is 5. The zero-order valence-corrected chi connectivity index (χ0v) is 16.0. The monoisotopic (exact) mass is 454 g/mol. The second-order valence-corrected chi connectivity index (χ2v) is 8.86. The molecule has 1 aromatic carbocycles. The van der Waals surface area contributed by atoms with Crippen LogP contribution in [0.1, 0.15) is 15.6 Å². The van der Waals surface area contributed by atoms with Gasteiger partial charge in [-0.3, -0.25) is 0 Å². The molecule has 0 radical (unpaired) electrons. The number of rotatable bonds is 4. The van der Waals surface area contributed by atoms with Crippen molar-refractivity contribution in [1.82, 2.24) is 4.98 Å². The Balaban J connectivity index is 2.25. The molecule has 0 aliphatic carbocycles. The molecule has 2 aromatic rings. The van der Waals surface area contributed by atoms with E-state index in [4.69, 9.17) is 9.88 Å². The molecule has 5 nitrogen and oxygen atoms in total. The van der Waals surface area contributed by atoms with E-state index in [9.17, 15) is 8.42 Å². The Morgan fingerprint density at radius 3 is 2.29 bits per heavy atom. The molecule has 0 saturated carbocycles. The molecule has 1 aromatic heterocycles. The number of aryl methyl sites for hydroxylation is 2. The third kappa shape index (κ3) is 4.04. The van der Waals surface area contributed by atoms with Crippen molar-refractivity contribution >= 4 is 53.2 Å². The number of aromatic nitrogens is 1. The summed E-state index contributed by atoms with van der Waals surface area (Å²) >= 11 is 8.15. The summed E-state index contributed by atoms with van der Waals surface area (Å²) in [6.45, 7) is 4.26. The fourth-order valence-corrected chi connectivity index (χ4v) is 4.70. The normalized spacial score (nSPS) is 11.7. The predicted molar refractivity (Wildman–Crippen MR) is 89.1 cm³/mol. The van der Waals surface area contributed by atoms with E-state index >= 15 is 0 Å². The number of sulfonamides is 1. The Labute approximate surface area is 143 Å². The fraction of sp³-hybridized carbons (Fsp3) is 0.250. The maximum absolute atomic E-state index is 11.4. The predicted octanol–water partition coefficient (Wildman–Crippen LogP) is 3.51. The standard InChI is InChI=1S/C12H12Br2N2O3S2/c1-6-7(2)20-11(16-6)5-19-12-9(13)3-8(4-10(12)14)21(15,17)18/h3-4H,5H2,1-2H3,(H2,15,17,18). The van der Waals surface area contributed by atoms with E-state index in [-0.39, 0.29) is 4.90 Å². The van der Waals surface area contributed by atoms with Gasteiger partial charge in [-0.1, -0.05) is 0 Å². The highest BCUT2D eigenvalue weighted by molar-refractivity contribution is 9.11. The first-order chi connectivity index (χ1) is 9.68. The second-order valence-electron chi connectivity index (χ2n) is 4.30. The largest absolute Gasteiger partial charge is 0.484 e. The lowest BCUT2D eigenvalue weighted by Crippen LogP contribution is -2.12. The van der Waals surface area contributed by atoms with Crippen molar-refractivity contribution in [3.63, 3.8) is 0 Å². The molecule has 114 valence electrons. The molecule has 21 heavy (non-hydrogen) atoms. The van der Waals surface area contributed by atoms with E-state index < -0.39 is 10.0 Å². The van der Waals surface area contributed by atoms with Gasteiger partial charge in [0.15, 0.2) is 0 Å². The van der Waals surface area contributed by atoms with Crippen LogP contribution >= 0.6 is 43.2 Å². The molecule has 0 aliphatic heterocycles. The summed E-state index contributed by atoms with van der Waals surface area (Å²) in [6.07, 6.45) is 0. The molecule has 2 N–H and O–H groups in total. The number of thiazole rings is 1. The van der Waals surface area contributed by atoms with Gasteiger partial charge in [0.05, 0.1) is 19.5 Å². The minimum Gasteiger partial charge on any atom is -0.484 e. The number of ether oxygens (including phenoxy) is 1. The zero-order valence-electron chi connectivity index (χ0n) is 11.2. The Morgan fingerprint density at radius 1 is 1.29 bits per heavy atom. The van der Waals surface area contributed by atoms with Crippen LogP contribution in [0.4, 0.5) is 0 Å². The first-order valence-electron chi connectivity index (χ1n) is 5.76. The highest BCUT2D eigenvalue weighted by Gasteiger charge is 2.16. The quantitative estimate of drug-likeness (QED) is 0.764. The van der Waals surface area contributed by atoms with E-state index in [2.05, 4.69) is 36.8 Å². The van der Waals surface area contributed by atoms with Gasteiger partial charge < -0.3 is 4.74 Å². The van der Waals surface area contributed by atoms with Crippen LogP contribution in [0.2, 0.25) is 0 Å². The maximum Gasteiger partial charge on any atom is 0.238 e. The number of nitrogens with zero attached hydrogens (tertiary/aromatic N) is 1. The van der Waals surface area contributed by atoms with Gasteiger partial charge in [0.2, 0.25) is 10.0 Å². The van der Waals surface area contributed by atoms with Crippen LogP contribution in [0.3, 0.4) is 0 Å². The first kappa shape index (κ1) is 16.9. The molecule has 0 amide bonds. The summed E-state index contributed by atoms with van der Waals surface area (Å²) in [5.41, 5.74) is 0.987. The lowest BCUT2D eigenvalue weighted by molar-refractivity contribution is 0.301. The Bertz CT molecular complexity index is 745. The van der Waals surface area contributed by atoms with Crippen molar-refractivity contribution in [3.05, 3.63) is 36.7 Å². The van der Waals surface area contributed by atoms with E-state index in [1.807, 2.05) is 13.8 Å². The molecule has 0 spiro atoms. The minimum absolute atomic E-state index is 0.00883. The van der Waals surface area contributed by atoms with Gasteiger partial charge in [0.25, 0.3) is 0 Å². The molecule has 0 unspecified atom stereocenters. The highest BCUT2D eigenvalue weighted by Crippen LogP contribution is 2.36. The van der Waals surface area contributed by atoms with Crippen LogP contribution in [-0.4, -0.2) is 13.4 Å². The summed E-state index contributed by atoms with van der Waals surface area (Å²) in [7, 11) is -3.76. The Morgan fingerprint density at radius 2 is 1.86 bits per heavy atom. The number of hydrogen-bond donors (Lipinski definition) is 1. The molecule has 0 saturated heterocycles. The van der Waals surface area contributed by atoms with Gasteiger partial charge in [-0.2, -0.15) is 0 Å². The summed E-state index contributed by atoms with van der Waals surface area (Å²) in [5, 5.41) is 5.97. The molecule has 0 bridgehead atoms. The SMILES string of the molecule is Cc1nc(COc2c(Br)cc(S(N)(=O)=O)cc2Br)sc1C. The van der Waals surface area contributed by atoms with Gasteiger partial charge in [0, 0.05) is 4.88 Å². The number of primary sulfonamides is 1. The van der Waals surface area contributed by atoms with Crippen molar-refractivity contribution in [3.8, 4) is 5.75 Å². The molecular weight excluding hydrogens is 444 g/mol. The van der Waals surface area contributed by atoms with Gasteiger partial charge >= 0.3 is 0 Å². The summed E-state index contributed by atoms with van der Waals surface area (Å²) in [6, 6.07) is 2.82. The first-order valence-corrected chi connectivity index (χ1v) is 9.71. The summed E-state index contributed by atoms with van der Waals surface area (Å²) < 4.78 is 29.4. The topological polar surface area (TPSA) is 82.3 Å². The Hall–Kier alpha value is -0.480. The zero-order chi connectivity index (χ0) is 15.8.